The molecule has 27 heavy (non-hydrogen) atoms. The van der Waals surface area contributed by atoms with Gasteiger partial charge in [0.25, 0.3) is 5.91 Å². The summed E-state index contributed by atoms with van der Waals surface area (Å²) in [5.74, 6) is 1.14. The van der Waals surface area contributed by atoms with Crippen molar-refractivity contribution in [3.05, 3.63) is 12.2 Å². The number of likely N-dealkylation sites (tertiary alicyclic amines) is 2. The van der Waals surface area contributed by atoms with Gasteiger partial charge in [-0.05, 0) is 49.9 Å². The number of nitrogens with zero attached hydrogens (tertiary/aromatic N) is 4. The SMILES string of the molecule is O=C(c1ncn[nH]1)N1CCC2(CCOC[C@H]2C(=O)N2C[C@H]3CC[C@H]2C3)CC1. The zero-order valence-electron chi connectivity index (χ0n) is 15.6. The summed E-state index contributed by atoms with van der Waals surface area (Å²) in [6, 6.07) is 0.453. The zero-order valence-corrected chi connectivity index (χ0v) is 15.6. The number of hydrogen-bond acceptors (Lipinski definition) is 5. The van der Waals surface area contributed by atoms with Crippen LogP contribution in [0.25, 0.3) is 0 Å². The number of rotatable bonds is 2. The largest absolute Gasteiger partial charge is 0.381 e. The molecular weight excluding hydrogens is 346 g/mol. The van der Waals surface area contributed by atoms with Gasteiger partial charge in [-0.25, -0.2) is 4.98 Å². The Labute approximate surface area is 158 Å². The molecule has 0 radical (unpaired) electrons. The number of carbonyl (C=O) groups excluding carboxylic acids is 2. The van der Waals surface area contributed by atoms with Gasteiger partial charge in [-0.3, -0.25) is 14.7 Å². The molecule has 0 aromatic carbocycles. The highest BCUT2D eigenvalue weighted by atomic mass is 16.5. The first-order chi connectivity index (χ1) is 13.2. The van der Waals surface area contributed by atoms with Crippen molar-refractivity contribution >= 4 is 11.8 Å². The summed E-state index contributed by atoms with van der Waals surface area (Å²) in [6.07, 6.45) is 7.61. The Morgan fingerprint density at radius 3 is 2.74 bits per heavy atom. The zero-order chi connectivity index (χ0) is 18.4. The number of piperidine rings is 2. The summed E-state index contributed by atoms with van der Waals surface area (Å²) in [7, 11) is 0. The maximum Gasteiger partial charge on any atom is 0.291 e. The number of aromatic nitrogens is 3. The van der Waals surface area contributed by atoms with Crippen molar-refractivity contribution < 1.29 is 14.3 Å². The number of hydrogen-bond donors (Lipinski definition) is 1. The van der Waals surface area contributed by atoms with Crippen LogP contribution < -0.4 is 0 Å². The molecule has 3 aliphatic heterocycles. The van der Waals surface area contributed by atoms with Gasteiger partial charge in [0.05, 0.1) is 12.5 Å². The van der Waals surface area contributed by atoms with Crippen molar-refractivity contribution in [2.24, 2.45) is 17.3 Å². The third-order valence-corrected chi connectivity index (χ3v) is 7.42. The van der Waals surface area contributed by atoms with Crippen LogP contribution in [-0.4, -0.2) is 75.7 Å². The van der Waals surface area contributed by atoms with Gasteiger partial charge in [0.1, 0.15) is 6.33 Å². The summed E-state index contributed by atoms with van der Waals surface area (Å²) >= 11 is 0. The third-order valence-electron chi connectivity index (χ3n) is 7.42. The lowest BCUT2D eigenvalue weighted by Gasteiger charge is -2.49. The third kappa shape index (κ3) is 2.85. The second kappa shape index (κ2) is 6.58. The van der Waals surface area contributed by atoms with Crippen molar-refractivity contribution in [2.45, 2.75) is 44.6 Å². The highest BCUT2D eigenvalue weighted by Crippen LogP contribution is 2.47. The van der Waals surface area contributed by atoms with Crippen LogP contribution >= 0.6 is 0 Å². The van der Waals surface area contributed by atoms with E-state index >= 15 is 0 Å². The Balaban J connectivity index is 1.29. The summed E-state index contributed by atoms with van der Waals surface area (Å²) in [4.78, 5) is 33.9. The van der Waals surface area contributed by atoms with Gasteiger partial charge in [-0.1, -0.05) is 0 Å². The van der Waals surface area contributed by atoms with Gasteiger partial charge in [0, 0.05) is 32.3 Å². The molecular formula is C19H27N5O3. The Bertz CT molecular complexity index is 713. The van der Waals surface area contributed by atoms with Crippen molar-refractivity contribution in [1.82, 2.24) is 25.0 Å². The fraction of sp³-hybridized carbons (Fsp3) is 0.789. The first-order valence-electron chi connectivity index (χ1n) is 10.2. The smallest absolute Gasteiger partial charge is 0.291 e. The van der Waals surface area contributed by atoms with Crippen LogP contribution in [0.4, 0.5) is 0 Å². The lowest BCUT2D eigenvalue weighted by molar-refractivity contribution is -0.154. The van der Waals surface area contributed by atoms with Crippen molar-refractivity contribution in [2.75, 3.05) is 32.8 Å². The van der Waals surface area contributed by atoms with Crippen LogP contribution in [0, 0.1) is 17.3 Å². The summed E-state index contributed by atoms with van der Waals surface area (Å²) < 4.78 is 5.75. The van der Waals surface area contributed by atoms with Crippen LogP contribution in [0.5, 0.6) is 0 Å². The second-order valence-electron chi connectivity index (χ2n) is 8.69. The summed E-state index contributed by atoms with van der Waals surface area (Å²) in [6.45, 7) is 3.51. The number of H-pyrrole nitrogens is 1. The fourth-order valence-electron chi connectivity index (χ4n) is 5.77. The topological polar surface area (TPSA) is 91.4 Å². The standard InChI is InChI=1S/C19H27N5O3/c25-17(24-10-13-1-2-14(24)9-13)15-11-27-8-5-19(15)3-6-23(7-4-19)18(26)16-20-12-21-22-16/h12-15H,1-11H2,(H,20,21,22)/t13-,14-,15-/m0/s1. The number of aromatic amines is 1. The van der Waals surface area contributed by atoms with Crippen LogP contribution in [0.15, 0.2) is 6.33 Å². The summed E-state index contributed by atoms with van der Waals surface area (Å²) in [5, 5.41) is 6.42. The van der Waals surface area contributed by atoms with Crippen LogP contribution in [0.3, 0.4) is 0 Å². The molecule has 146 valence electrons. The Morgan fingerprint density at radius 1 is 1.22 bits per heavy atom. The number of amides is 2. The van der Waals surface area contributed by atoms with Crippen LogP contribution in [-0.2, 0) is 9.53 Å². The predicted molar refractivity (Wildman–Crippen MR) is 95.7 cm³/mol. The molecule has 1 aromatic heterocycles. The average molecular weight is 373 g/mol. The molecule has 8 nitrogen and oxygen atoms in total. The maximum absolute atomic E-state index is 13.4. The first-order valence-corrected chi connectivity index (χ1v) is 10.2. The fourth-order valence-corrected chi connectivity index (χ4v) is 5.77. The molecule has 1 spiro atoms. The van der Waals surface area contributed by atoms with E-state index in [4.69, 9.17) is 4.74 Å². The van der Waals surface area contributed by atoms with Gasteiger partial charge in [0.15, 0.2) is 0 Å². The van der Waals surface area contributed by atoms with E-state index in [2.05, 4.69) is 20.1 Å². The van der Waals surface area contributed by atoms with Crippen molar-refractivity contribution in [3.8, 4) is 0 Å². The van der Waals surface area contributed by atoms with Crippen molar-refractivity contribution in [1.29, 1.82) is 0 Å². The molecule has 4 fully saturated rings. The molecule has 8 heteroatoms. The van der Waals surface area contributed by atoms with Gasteiger partial charge < -0.3 is 14.5 Å². The summed E-state index contributed by atoms with van der Waals surface area (Å²) in [5.41, 5.74) is -0.0324. The minimum atomic E-state index is -0.103. The average Bonchev–Trinajstić information content (AvgIpc) is 3.46. The minimum Gasteiger partial charge on any atom is -0.381 e. The Kier molecular flexibility index (Phi) is 4.18. The molecule has 5 rings (SSSR count). The predicted octanol–water partition coefficient (Wildman–Crippen LogP) is 1.07. The highest BCUT2D eigenvalue weighted by molar-refractivity contribution is 5.90. The lowest BCUT2D eigenvalue weighted by atomic mass is 9.65. The molecule has 1 saturated carbocycles. The molecule has 2 bridgehead atoms. The molecule has 4 heterocycles. The molecule has 1 aliphatic carbocycles. The molecule has 1 aromatic rings. The lowest BCUT2D eigenvalue weighted by Crippen LogP contribution is -2.55. The number of carbonyl (C=O) groups is 2. The maximum atomic E-state index is 13.4. The van der Waals surface area contributed by atoms with E-state index in [0.29, 0.717) is 50.0 Å². The van der Waals surface area contributed by atoms with E-state index in [-0.39, 0.29) is 17.2 Å². The van der Waals surface area contributed by atoms with E-state index in [0.717, 1.165) is 32.2 Å². The number of fused-ring (bicyclic) bond motifs is 2. The van der Waals surface area contributed by atoms with Gasteiger partial charge in [-0.2, -0.15) is 5.10 Å². The highest BCUT2D eigenvalue weighted by Gasteiger charge is 2.51. The monoisotopic (exact) mass is 373 g/mol. The van der Waals surface area contributed by atoms with E-state index < -0.39 is 0 Å². The van der Waals surface area contributed by atoms with Gasteiger partial charge in [-0.15, -0.1) is 0 Å². The van der Waals surface area contributed by atoms with Crippen LogP contribution in [0.2, 0.25) is 0 Å². The van der Waals surface area contributed by atoms with E-state index in [1.165, 1.54) is 19.2 Å². The Hall–Kier alpha value is -1.96. The van der Waals surface area contributed by atoms with E-state index in [9.17, 15) is 9.59 Å². The molecule has 3 saturated heterocycles. The normalized spacial score (nSPS) is 32.2. The van der Waals surface area contributed by atoms with E-state index in [1.54, 1.807) is 0 Å². The molecule has 0 unspecified atom stereocenters. The van der Waals surface area contributed by atoms with Gasteiger partial charge in [0.2, 0.25) is 11.7 Å². The number of nitrogens with one attached hydrogen (secondary N) is 1. The molecule has 4 aliphatic rings. The Morgan fingerprint density at radius 2 is 2.07 bits per heavy atom. The number of ether oxygens (including phenoxy) is 1. The molecule has 2 amide bonds. The molecule has 3 atom stereocenters. The second-order valence-corrected chi connectivity index (χ2v) is 8.69. The van der Waals surface area contributed by atoms with Crippen LogP contribution in [0.1, 0.15) is 49.1 Å². The minimum absolute atomic E-state index is 0.0324. The van der Waals surface area contributed by atoms with Gasteiger partial charge >= 0.3 is 0 Å². The van der Waals surface area contributed by atoms with E-state index in [1.807, 2.05) is 4.90 Å². The quantitative estimate of drug-likeness (QED) is 0.837. The molecule has 1 N–H and O–H groups in total. The first kappa shape index (κ1) is 17.2. The van der Waals surface area contributed by atoms with Crippen molar-refractivity contribution in [3.63, 3.8) is 0 Å².